The van der Waals surface area contributed by atoms with Gasteiger partial charge >= 0.3 is 12.1 Å². The topological polar surface area (TPSA) is 120 Å². The molecular weight excluding hydrogens is 591 g/mol. The van der Waals surface area contributed by atoms with E-state index in [2.05, 4.69) is 4.84 Å². The van der Waals surface area contributed by atoms with Crippen molar-refractivity contribution in [3.63, 3.8) is 0 Å². The number of carbonyl (C=O) groups is 3. The highest BCUT2D eigenvalue weighted by Gasteiger charge is 2.42. The molecule has 0 fully saturated rings. The Morgan fingerprint density at radius 1 is 0.822 bits per heavy atom. The zero-order chi connectivity index (χ0) is 32.4. The summed E-state index contributed by atoms with van der Waals surface area (Å²) in [5.41, 5.74) is 10.9. The molecule has 9 nitrogen and oxygen atoms in total. The Kier molecular flexibility index (Phi) is 10.8. The molecule has 0 saturated carbocycles. The summed E-state index contributed by atoms with van der Waals surface area (Å²) in [6.07, 6.45) is -6.24. The quantitative estimate of drug-likeness (QED) is 0.195. The van der Waals surface area contributed by atoms with Crippen molar-refractivity contribution < 1.29 is 41.9 Å². The molecule has 0 radical (unpaired) electrons. The number of ether oxygens (including phenoxy) is 2. The van der Waals surface area contributed by atoms with Crippen molar-refractivity contribution in [3.8, 4) is 28.4 Å². The van der Waals surface area contributed by atoms with Crippen LogP contribution in [0.3, 0.4) is 0 Å². The summed E-state index contributed by atoms with van der Waals surface area (Å²) in [6, 6.07) is 29.0. The Balaban J connectivity index is 1.59. The molecule has 0 bridgehead atoms. The number of anilines is 1. The van der Waals surface area contributed by atoms with E-state index >= 15 is 0 Å². The van der Waals surface area contributed by atoms with Gasteiger partial charge in [-0.05, 0) is 47.0 Å². The molecule has 4 rings (SSSR count). The lowest BCUT2D eigenvalue weighted by atomic mass is 10.0. The van der Waals surface area contributed by atoms with Gasteiger partial charge in [-0.15, -0.1) is 0 Å². The van der Waals surface area contributed by atoms with Crippen molar-refractivity contribution in [2.24, 2.45) is 5.73 Å². The molecule has 3 N–H and O–H groups in total. The van der Waals surface area contributed by atoms with Gasteiger partial charge in [0.15, 0.2) is 5.75 Å². The summed E-state index contributed by atoms with van der Waals surface area (Å²) in [4.78, 5) is 41.8. The van der Waals surface area contributed by atoms with E-state index in [4.69, 9.17) is 15.2 Å². The number of para-hydroxylation sites is 3. The average Bonchev–Trinajstić information content (AvgIpc) is 3.05. The van der Waals surface area contributed by atoms with Crippen molar-refractivity contribution in [1.82, 2.24) is 5.48 Å². The monoisotopic (exact) mass is 621 g/mol. The molecule has 0 heterocycles. The molecule has 4 aromatic carbocycles. The molecule has 0 saturated heterocycles. The first-order valence-corrected chi connectivity index (χ1v) is 13.7. The molecule has 234 valence electrons. The number of halogens is 3. The maximum Gasteiger partial charge on any atom is 0.493 e. The number of nitrogens with two attached hydrogens (primary N) is 1. The van der Waals surface area contributed by atoms with E-state index in [9.17, 15) is 27.6 Å². The fourth-order valence-corrected chi connectivity index (χ4v) is 4.36. The minimum absolute atomic E-state index is 0.0684. The molecule has 2 amide bonds. The highest BCUT2D eigenvalue weighted by Crippen LogP contribution is 2.35. The normalized spacial score (nSPS) is 11.0. The van der Waals surface area contributed by atoms with Crippen LogP contribution in [0.2, 0.25) is 0 Å². The largest absolute Gasteiger partial charge is 0.496 e. The number of nitrogens with one attached hydrogen (secondary N) is 1. The fourth-order valence-electron chi connectivity index (χ4n) is 4.36. The number of hydrogen-bond acceptors (Lipinski definition) is 7. The third-order valence-electron chi connectivity index (χ3n) is 6.59. The molecular formula is C33H30F3N3O6. The second-order valence-electron chi connectivity index (χ2n) is 9.71. The molecule has 0 unspecified atom stereocenters. The van der Waals surface area contributed by atoms with Crippen LogP contribution < -0.4 is 25.6 Å². The van der Waals surface area contributed by atoms with Gasteiger partial charge in [0, 0.05) is 24.9 Å². The van der Waals surface area contributed by atoms with Crippen molar-refractivity contribution >= 4 is 23.5 Å². The van der Waals surface area contributed by atoms with Crippen LogP contribution in [0, 0.1) is 0 Å². The number of hydrogen-bond donors (Lipinski definition) is 2. The van der Waals surface area contributed by atoms with Gasteiger partial charge in [0.1, 0.15) is 11.5 Å². The van der Waals surface area contributed by atoms with Gasteiger partial charge in [0.25, 0.3) is 5.91 Å². The Morgan fingerprint density at radius 3 is 2.20 bits per heavy atom. The number of rotatable bonds is 11. The minimum Gasteiger partial charge on any atom is -0.496 e. The van der Waals surface area contributed by atoms with Crippen LogP contribution in [0.25, 0.3) is 11.1 Å². The summed E-state index contributed by atoms with van der Waals surface area (Å²) in [5, 5.41) is 0. The maximum absolute atomic E-state index is 13.6. The summed E-state index contributed by atoms with van der Waals surface area (Å²) >= 11 is 0. The number of nitrogens with zero attached hydrogens (tertiary/aromatic N) is 1. The van der Waals surface area contributed by atoms with E-state index in [0.717, 1.165) is 22.3 Å². The Morgan fingerprint density at radius 2 is 1.51 bits per heavy atom. The lowest BCUT2D eigenvalue weighted by Crippen LogP contribution is -2.36. The van der Waals surface area contributed by atoms with Gasteiger partial charge in [-0.25, -0.2) is 4.79 Å². The first kappa shape index (κ1) is 32.6. The Labute approximate surface area is 257 Å². The van der Waals surface area contributed by atoms with Gasteiger partial charge in [-0.3, -0.25) is 9.59 Å². The molecule has 0 aromatic heterocycles. The van der Waals surface area contributed by atoms with Crippen molar-refractivity contribution in [3.05, 3.63) is 108 Å². The zero-order valence-electron chi connectivity index (χ0n) is 24.2. The van der Waals surface area contributed by atoms with E-state index < -0.39 is 36.8 Å². The second-order valence-corrected chi connectivity index (χ2v) is 9.71. The van der Waals surface area contributed by atoms with Crippen molar-refractivity contribution in [2.75, 3.05) is 12.0 Å². The summed E-state index contributed by atoms with van der Waals surface area (Å²) < 4.78 is 48.8. The Hall–Kier alpha value is -5.36. The Bertz CT molecular complexity index is 1640. The van der Waals surface area contributed by atoms with Crippen LogP contribution in [0.15, 0.2) is 97.1 Å². The lowest BCUT2D eigenvalue weighted by Gasteiger charge is -2.25. The van der Waals surface area contributed by atoms with Crippen LogP contribution in [0.1, 0.15) is 24.0 Å². The standard InChI is InChI=1S/C33H30F3N3O6/c1-43-28-11-4-2-9-26(28)24-15-13-22(14-16-24)21-39(31(41)18-17-30(40)38-45-32(42)33(34,35)36)27-10-3-5-12-29(27)44-25-8-6-7-23(19-25)20-37/h2-16,19H,17-18,20-21,37H2,1H3,(H,38,40). The van der Waals surface area contributed by atoms with E-state index in [1.807, 2.05) is 54.6 Å². The number of carbonyl (C=O) groups excluding carboxylic acids is 3. The fraction of sp³-hybridized carbons (Fsp3) is 0.182. The summed E-state index contributed by atoms with van der Waals surface area (Å²) in [5.74, 6) is -2.66. The van der Waals surface area contributed by atoms with E-state index in [-0.39, 0.29) is 6.54 Å². The van der Waals surface area contributed by atoms with Gasteiger partial charge in [-0.2, -0.15) is 18.7 Å². The van der Waals surface area contributed by atoms with Gasteiger partial charge in [0.05, 0.1) is 19.3 Å². The molecule has 45 heavy (non-hydrogen) atoms. The van der Waals surface area contributed by atoms with Crippen LogP contribution >= 0.6 is 0 Å². The number of alkyl halides is 3. The van der Waals surface area contributed by atoms with E-state index in [1.165, 1.54) is 10.4 Å². The third-order valence-corrected chi connectivity index (χ3v) is 6.59. The summed E-state index contributed by atoms with van der Waals surface area (Å²) in [7, 11) is 1.59. The number of hydroxylamine groups is 1. The smallest absolute Gasteiger partial charge is 0.493 e. The maximum atomic E-state index is 13.6. The van der Waals surface area contributed by atoms with E-state index in [1.54, 1.807) is 49.6 Å². The van der Waals surface area contributed by atoms with Crippen LogP contribution in [0.4, 0.5) is 18.9 Å². The molecule has 0 spiro atoms. The van der Waals surface area contributed by atoms with Crippen molar-refractivity contribution in [1.29, 1.82) is 0 Å². The minimum atomic E-state index is -5.28. The first-order valence-electron chi connectivity index (χ1n) is 13.7. The molecule has 0 aliphatic carbocycles. The SMILES string of the molecule is COc1ccccc1-c1ccc(CN(C(=O)CCC(=O)NOC(=O)C(F)(F)F)c2ccccc2Oc2cccc(CN)c2)cc1. The van der Waals surface area contributed by atoms with Crippen LogP contribution in [0.5, 0.6) is 17.2 Å². The van der Waals surface area contributed by atoms with Gasteiger partial charge in [0.2, 0.25) is 5.91 Å². The average molecular weight is 622 g/mol. The molecule has 4 aromatic rings. The number of amides is 2. The zero-order valence-corrected chi connectivity index (χ0v) is 24.2. The van der Waals surface area contributed by atoms with Crippen molar-refractivity contribution in [2.45, 2.75) is 32.1 Å². The van der Waals surface area contributed by atoms with Crippen LogP contribution in [-0.4, -0.2) is 31.1 Å². The van der Waals surface area contributed by atoms with Crippen LogP contribution in [-0.2, 0) is 32.3 Å². The molecule has 0 atom stereocenters. The lowest BCUT2D eigenvalue weighted by molar-refractivity contribution is -0.207. The number of benzene rings is 4. The first-order chi connectivity index (χ1) is 21.6. The highest BCUT2D eigenvalue weighted by atomic mass is 19.4. The molecule has 12 heteroatoms. The third kappa shape index (κ3) is 8.83. The van der Waals surface area contributed by atoms with Gasteiger partial charge < -0.3 is 24.9 Å². The molecule has 0 aliphatic rings. The highest BCUT2D eigenvalue weighted by molar-refractivity contribution is 5.96. The van der Waals surface area contributed by atoms with E-state index in [0.29, 0.717) is 29.5 Å². The second kappa shape index (κ2) is 14.9. The summed E-state index contributed by atoms with van der Waals surface area (Å²) in [6.45, 7) is 0.369. The molecule has 0 aliphatic heterocycles. The predicted octanol–water partition coefficient (Wildman–Crippen LogP) is 6.06. The predicted molar refractivity (Wildman–Crippen MR) is 160 cm³/mol. The van der Waals surface area contributed by atoms with Gasteiger partial charge in [-0.1, -0.05) is 66.7 Å². The number of methoxy groups -OCH3 is 1.